The predicted octanol–water partition coefficient (Wildman–Crippen LogP) is 5.06. The molecule has 0 atom stereocenters. The molecule has 4 aromatic rings. The minimum atomic E-state index is -0.535. The Hall–Kier alpha value is -4.26. The summed E-state index contributed by atoms with van der Waals surface area (Å²) in [5.74, 6) is 0.371. The smallest absolute Gasteiger partial charge is 0.248 e. The highest BCUT2D eigenvalue weighted by atomic mass is 19.1. The Morgan fingerprint density at radius 2 is 2.03 bits per heavy atom. The Morgan fingerprint density at radius 1 is 1.10 bits per heavy atom. The number of anilines is 1. The minimum Gasteiger partial charge on any atom is -0.453 e. The summed E-state index contributed by atoms with van der Waals surface area (Å²) in [5.41, 5.74) is 2.02. The number of benzene rings is 2. The SMILES string of the molecule is O=C(/C=C/c1ccc(Oc2cccnc2)c(F)c1)Nc1cccc(-c2ncc[nH]2)c1. The third-order valence-corrected chi connectivity index (χ3v) is 4.15. The van der Waals surface area contributed by atoms with Gasteiger partial charge in [0.2, 0.25) is 5.91 Å². The van der Waals surface area contributed by atoms with E-state index in [-0.39, 0.29) is 11.7 Å². The number of hydrogen-bond acceptors (Lipinski definition) is 4. The Labute approximate surface area is 172 Å². The molecule has 2 heterocycles. The van der Waals surface area contributed by atoms with Gasteiger partial charge in [-0.2, -0.15) is 0 Å². The van der Waals surface area contributed by atoms with Crippen LogP contribution in [-0.4, -0.2) is 20.9 Å². The average Bonchev–Trinajstić information content (AvgIpc) is 3.30. The summed E-state index contributed by atoms with van der Waals surface area (Å²) < 4.78 is 19.8. The van der Waals surface area contributed by atoms with Gasteiger partial charge in [0.05, 0.1) is 6.20 Å². The summed E-state index contributed by atoms with van der Waals surface area (Å²) in [6.07, 6.45) is 9.37. The van der Waals surface area contributed by atoms with Crippen molar-refractivity contribution in [1.82, 2.24) is 15.0 Å². The van der Waals surface area contributed by atoms with Crippen molar-refractivity contribution in [3.8, 4) is 22.9 Å². The number of nitrogens with one attached hydrogen (secondary N) is 2. The van der Waals surface area contributed by atoms with Crippen molar-refractivity contribution in [2.24, 2.45) is 0 Å². The first-order valence-corrected chi connectivity index (χ1v) is 9.14. The number of H-pyrrole nitrogens is 1. The fourth-order valence-electron chi connectivity index (χ4n) is 2.76. The summed E-state index contributed by atoms with van der Waals surface area (Å²) in [7, 11) is 0. The van der Waals surface area contributed by atoms with Gasteiger partial charge in [0, 0.05) is 35.9 Å². The molecule has 0 saturated carbocycles. The van der Waals surface area contributed by atoms with E-state index in [0.717, 1.165) is 5.56 Å². The van der Waals surface area contributed by atoms with E-state index < -0.39 is 5.82 Å². The van der Waals surface area contributed by atoms with Gasteiger partial charge in [-0.15, -0.1) is 0 Å². The molecule has 6 nitrogen and oxygen atoms in total. The number of aromatic nitrogens is 3. The number of rotatable bonds is 6. The second-order valence-electron chi connectivity index (χ2n) is 6.32. The second-order valence-corrected chi connectivity index (χ2v) is 6.32. The summed E-state index contributed by atoms with van der Waals surface area (Å²) in [6.45, 7) is 0. The number of ether oxygens (including phenoxy) is 1. The molecule has 0 aliphatic rings. The summed E-state index contributed by atoms with van der Waals surface area (Å²) in [4.78, 5) is 23.4. The number of amides is 1. The van der Waals surface area contributed by atoms with Crippen LogP contribution in [-0.2, 0) is 4.79 Å². The molecule has 30 heavy (non-hydrogen) atoms. The molecule has 0 aliphatic heterocycles. The van der Waals surface area contributed by atoms with Gasteiger partial charge in [0.1, 0.15) is 11.6 Å². The third-order valence-electron chi connectivity index (χ3n) is 4.15. The molecular formula is C23H17FN4O2. The lowest BCUT2D eigenvalue weighted by Crippen LogP contribution is -2.07. The molecular weight excluding hydrogens is 383 g/mol. The monoisotopic (exact) mass is 400 g/mol. The van der Waals surface area contributed by atoms with Crippen LogP contribution in [0, 0.1) is 5.82 Å². The molecule has 1 amide bonds. The fourth-order valence-corrected chi connectivity index (χ4v) is 2.76. The quantitative estimate of drug-likeness (QED) is 0.444. The first kappa shape index (κ1) is 19.1. The lowest BCUT2D eigenvalue weighted by Gasteiger charge is -2.07. The summed E-state index contributed by atoms with van der Waals surface area (Å²) in [5, 5.41) is 2.78. The van der Waals surface area contributed by atoms with Crippen LogP contribution in [0.1, 0.15) is 5.56 Å². The zero-order valence-corrected chi connectivity index (χ0v) is 15.7. The van der Waals surface area contributed by atoms with E-state index in [2.05, 4.69) is 20.3 Å². The van der Waals surface area contributed by atoms with Gasteiger partial charge in [-0.05, 0) is 48.0 Å². The van der Waals surface area contributed by atoms with Gasteiger partial charge in [0.15, 0.2) is 11.6 Å². The molecule has 7 heteroatoms. The Morgan fingerprint density at radius 3 is 2.80 bits per heavy atom. The van der Waals surface area contributed by atoms with Crippen molar-refractivity contribution in [2.75, 3.05) is 5.32 Å². The highest BCUT2D eigenvalue weighted by molar-refractivity contribution is 6.02. The van der Waals surface area contributed by atoms with E-state index in [1.165, 1.54) is 30.5 Å². The molecule has 2 aromatic carbocycles. The zero-order chi connectivity index (χ0) is 20.8. The van der Waals surface area contributed by atoms with E-state index in [4.69, 9.17) is 4.74 Å². The first-order chi connectivity index (χ1) is 14.7. The van der Waals surface area contributed by atoms with E-state index >= 15 is 0 Å². The first-order valence-electron chi connectivity index (χ1n) is 9.14. The van der Waals surface area contributed by atoms with Crippen LogP contribution in [0.5, 0.6) is 11.5 Å². The van der Waals surface area contributed by atoms with Crippen LogP contribution in [0.15, 0.2) is 85.5 Å². The largest absolute Gasteiger partial charge is 0.453 e. The number of nitrogens with zero attached hydrogens (tertiary/aromatic N) is 2. The highest BCUT2D eigenvalue weighted by Gasteiger charge is 2.06. The number of halogens is 1. The van der Waals surface area contributed by atoms with Crippen LogP contribution >= 0.6 is 0 Å². The lowest BCUT2D eigenvalue weighted by molar-refractivity contribution is -0.111. The molecule has 0 aliphatic carbocycles. The van der Waals surface area contributed by atoms with Crippen LogP contribution in [0.3, 0.4) is 0 Å². The van der Waals surface area contributed by atoms with E-state index in [1.807, 2.05) is 18.2 Å². The molecule has 0 spiro atoms. The van der Waals surface area contributed by atoms with E-state index in [9.17, 15) is 9.18 Å². The molecule has 2 aromatic heterocycles. The molecule has 0 fully saturated rings. The van der Waals surface area contributed by atoms with Crippen molar-refractivity contribution in [2.45, 2.75) is 0 Å². The average molecular weight is 400 g/mol. The predicted molar refractivity (Wildman–Crippen MR) is 112 cm³/mol. The second kappa shape index (κ2) is 8.83. The topological polar surface area (TPSA) is 79.9 Å². The van der Waals surface area contributed by atoms with Crippen molar-refractivity contribution < 1.29 is 13.9 Å². The molecule has 0 radical (unpaired) electrons. The molecule has 0 saturated heterocycles. The number of imidazole rings is 1. The molecule has 0 unspecified atom stereocenters. The number of hydrogen-bond donors (Lipinski definition) is 2. The molecule has 0 bridgehead atoms. The number of carbonyl (C=O) groups excluding carboxylic acids is 1. The Kier molecular flexibility index (Phi) is 5.61. The Balaban J connectivity index is 1.40. The van der Waals surface area contributed by atoms with Crippen molar-refractivity contribution >= 4 is 17.7 Å². The van der Waals surface area contributed by atoms with Gasteiger partial charge < -0.3 is 15.0 Å². The van der Waals surface area contributed by atoms with Crippen LogP contribution in [0.4, 0.5) is 10.1 Å². The van der Waals surface area contributed by atoms with Crippen LogP contribution in [0.2, 0.25) is 0 Å². The number of aromatic amines is 1. The molecule has 4 rings (SSSR count). The van der Waals surface area contributed by atoms with Crippen molar-refractivity contribution in [1.29, 1.82) is 0 Å². The summed E-state index contributed by atoms with van der Waals surface area (Å²) in [6, 6.07) is 15.2. The number of carbonyl (C=O) groups is 1. The summed E-state index contributed by atoms with van der Waals surface area (Å²) >= 11 is 0. The molecule has 2 N–H and O–H groups in total. The maximum atomic E-state index is 14.3. The van der Waals surface area contributed by atoms with Gasteiger partial charge in [-0.25, -0.2) is 9.37 Å². The minimum absolute atomic E-state index is 0.0827. The highest BCUT2D eigenvalue weighted by Crippen LogP contribution is 2.25. The lowest BCUT2D eigenvalue weighted by atomic mass is 10.2. The van der Waals surface area contributed by atoms with Crippen molar-refractivity contribution in [3.05, 3.63) is 96.8 Å². The van der Waals surface area contributed by atoms with E-state index in [0.29, 0.717) is 22.8 Å². The van der Waals surface area contributed by atoms with Gasteiger partial charge in [0.25, 0.3) is 0 Å². The maximum absolute atomic E-state index is 14.3. The molecule has 148 valence electrons. The van der Waals surface area contributed by atoms with Gasteiger partial charge in [-0.3, -0.25) is 9.78 Å². The van der Waals surface area contributed by atoms with Crippen LogP contribution < -0.4 is 10.1 Å². The Bertz CT molecular complexity index is 1180. The standard InChI is InChI=1S/C23H17FN4O2/c24-20-13-16(6-8-21(20)30-19-5-2-10-25-15-19)7-9-22(29)28-18-4-1-3-17(14-18)23-26-11-12-27-23/h1-15H,(H,26,27)(H,28,29)/b9-7+. The fraction of sp³-hybridized carbons (Fsp3) is 0. The van der Waals surface area contributed by atoms with Crippen LogP contribution in [0.25, 0.3) is 17.5 Å². The van der Waals surface area contributed by atoms with Gasteiger partial charge >= 0.3 is 0 Å². The maximum Gasteiger partial charge on any atom is 0.248 e. The van der Waals surface area contributed by atoms with Gasteiger partial charge in [-0.1, -0.05) is 18.2 Å². The zero-order valence-electron chi connectivity index (χ0n) is 15.7. The van der Waals surface area contributed by atoms with Crippen molar-refractivity contribution in [3.63, 3.8) is 0 Å². The third kappa shape index (κ3) is 4.77. The number of pyridine rings is 1. The van der Waals surface area contributed by atoms with E-state index in [1.54, 1.807) is 42.9 Å². The normalized spacial score (nSPS) is 10.8.